The smallest absolute Gasteiger partial charge is 0.236 e. The quantitative estimate of drug-likeness (QED) is 0.546. The van der Waals surface area contributed by atoms with Crippen LogP contribution in [0, 0.1) is 0 Å². The van der Waals surface area contributed by atoms with E-state index in [-0.39, 0.29) is 11.8 Å². The molecular formula is C23H22N2O3S. The normalized spacial score (nSPS) is 13.6. The molecule has 0 fully saturated rings. The summed E-state index contributed by atoms with van der Waals surface area (Å²) in [7, 11) is 0. The fraction of sp³-hybridized carbons (Fsp3) is 0.217. The highest BCUT2D eigenvalue weighted by Gasteiger charge is 2.26. The molecule has 0 radical (unpaired) electrons. The van der Waals surface area contributed by atoms with E-state index >= 15 is 0 Å². The molecule has 1 unspecified atom stereocenters. The standard InChI is InChI=1S/C23H22N2O3S/c1-3-11-25(23-24-19(15-29-23)17-7-5-4-6-8-17)22(26)16(2)18-9-10-20-21(14-18)28-13-12-27-20/h3-10,14-16H,1,11-13H2,2H3. The van der Waals surface area contributed by atoms with Gasteiger partial charge in [0.05, 0.1) is 11.6 Å². The number of hydrogen-bond acceptors (Lipinski definition) is 5. The summed E-state index contributed by atoms with van der Waals surface area (Å²) in [4.78, 5) is 19.7. The Balaban J connectivity index is 1.59. The van der Waals surface area contributed by atoms with Gasteiger partial charge < -0.3 is 9.47 Å². The molecule has 0 spiro atoms. The number of hydrogen-bond donors (Lipinski definition) is 0. The maximum absolute atomic E-state index is 13.3. The Hall–Kier alpha value is -3.12. The lowest BCUT2D eigenvalue weighted by Gasteiger charge is -2.24. The van der Waals surface area contributed by atoms with E-state index < -0.39 is 0 Å². The van der Waals surface area contributed by atoms with Gasteiger partial charge in [-0.05, 0) is 24.6 Å². The van der Waals surface area contributed by atoms with Gasteiger partial charge in [-0.2, -0.15) is 0 Å². The highest BCUT2D eigenvalue weighted by atomic mass is 32.1. The Bertz CT molecular complexity index is 1020. The monoisotopic (exact) mass is 406 g/mol. The lowest BCUT2D eigenvalue weighted by atomic mass is 9.99. The van der Waals surface area contributed by atoms with Crippen LogP contribution in [0.4, 0.5) is 5.13 Å². The number of amides is 1. The lowest BCUT2D eigenvalue weighted by molar-refractivity contribution is -0.119. The highest BCUT2D eigenvalue weighted by Crippen LogP contribution is 2.35. The zero-order valence-electron chi connectivity index (χ0n) is 16.2. The van der Waals surface area contributed by atoms with E-state index in [0.717, 1.165) is 22.6 Å². The van der Waals surface area contributed by atoms with E-state index in [4.69, 9.17) is 14.5 Å². The van der Waals surface area contributed by atoms with Crippen LogP contribution in [0.15, 0.2) is 66.6 Å². The zero-order chi connectivity index (χ0) is 20.2. The summed E-state index contributed by atoms with van der Waals surface area (Å²) in [5, 5.41) is 2.64. The number of carbonyl (C=O) groups excluding carboxylic acids is 1. The van der Waals surface area contributed by atoms with Gasteiger partial charge in [0.25, 0.3) is 0 Å². The van der Waals surface area contributed by atoms with Crippen LogP contribution in [0.3, 0.4) is 0 Å². The second kappa shape index (κ2) is 8.49. The molecule has 6 heteroatoms. The fourth-order valence-electron chi connectivity index (χ4n) is 3.23. The molecule has 148 valence electrons. The Morgan fingerprint density at radius 1 is 1.21 bits per heavy atom. The first-order valence-corrected chi connectivity index (χ1v) is 10.4. The van der Waals surface area contributed by atoms with E-state index in [0.29, 0.717) is 30.6 Å². The van der Waals surface area contributed by atoms with Crippen LogP contribution >= 0.6 is 11.3 Å². The van der Waals surface area contributed by atoms with Crippen LogP contribution in [0.1, 0.15) is 18.4 Å². The van der Waals surface area contributed by atoms with Gasteiger partial charge in [-0.15, -0.1) is 17.9 Å². The fourth-order valence-corrected chi connectivity index (χ4v) is 4.08. The molecular weight excluding hydrogens is 384 g/mol. The average molecular weight is 407 g/mol. The number of nitrogens with zero attached hydrogens (tertiary/aromatic N) is 2. The number of carbonyl (C=O) groups is 1. The molecule has 2 heterocycles. The largest absolute Gasteiger partial charge is 0.486 e. The minimum atomic E-state index is -0.352. The molecule has 2 aromatic carbocycles. The molecule has 0 bridgehead atoms. The Morgan fingerprint density at radius 3 is 2.72 bits per heavy atom. The maximum atomic E-state index is 13.3. The Morgan fingerprint density at radius 2 is 1.97 bits per heavy atom. The van der Waals surface area contributed by atoms with Crippen molar-refractivity contribution in [3.63, 3.8) is 0 Å². The predicted molar refractivity (Wildman–Crippen MR) is 116 cm³/mol. The van der Waals surface area contributed by atoms with Crippen LogP contribution in [-0.2, 0) is 4.79 Å². The van der Waals surface area contributed by atoms with Gasteiger partial charge in [0, 0.05) is 17.5 Å². The molecule has 0 aliphatic carbocycles. The van der Waals surface area contributed by atoms with Crippen molar-refractivity contribution in [2.45, 2.75) is 12.8 Å². The summed E-state index contributed by atoms with van der Waals surface area (Å²) < 4.78 is 11.2. The van der Waals surface area contributed by atoms with Crippen LogP contribution in [-0.4, -0.2) is 30.6 Å². The van der Waals surface area contributed by atoms with Crippen LogP contribution < -0.4 is 14.4 Å². The second-order valence-corrected chi connectivity index (χ2v) is 7.58. The number of aromatic nitrogens is 1. The van der Waals surface area contributed by atoms with Crippen LogP contribution in [0.5, 0.6) is 11.5 Å². The number of fused-ring (bicyclic) bond motifs is 1. The second-order valence-electron chi connectivity index (χ2n) is 6.74. The molecule has 29 heavy (non-hydrogen) atoms. The van der Waals surface area contributed by atoms with Gasteiger partial charge in [-0.3, -0.25) is 9.69 Å². The van der Waals surface area contributed by atoms with Gasteiger partial charge in [-0.1, -0.05) is 42.5 Å². The van der Waals surface area contributed by atoms with Crippen molar-refractivity contribution < 1.29 is 14.3 Å². The van der Waals surface area contributed by atoms with Crippen molar-refractivity contribution >= 4 is 22.4 Å². The number of anilines is 1. The summed E-state index contributed by atoms with van der Waals surface area (Å²) in [6.45, 7) is 7.17. The van der Waals surface area contributed by atoms with Gasteiger partial charge in [0.2, 0.25) is 5.91 Å². The summed E-state index contributed by atoms with van der Waals surface area (Å²) in [5.41, 5.74) is 2.77. The van der Waals surface area contributed by atoms with Crippen molar-refractivity contribution in [2.24, 2.45) is 0 Å². The molecule has 1 atom stereocenters. The molecule has 1 amide bonds. The van der Waals surface area contributed by atoms with E-state index in [1.165, 1.54) is 11.3 Å². The Labute approximate surface area is 174 Å². The van der Waals surface area contributed by atoms with Crippen molar-refractivity contribution in [3.05, 3.63) is 72.1 Å². The molecule has 0 N–H and O–H groups in total. The van der Waals surface area contributed by atoms with Crippen LogP contribution in [0.2, 0.25) is 0 Å². The van der Waals surface area contributed by atoms with Crippen molar-refractivity contribution in [2.75, 3.05) is 24.7 Å². The average Bonchev–Trinajstić information content (AvgIpc) is 3.26. The van der Waals surface area contributed by atoms with Gasteiger partial charge >= 0.3 is 0 Å². The summed E-state index contributed by atoms with van der Waals surface area (Å²) in [5.74, 6) is 1.02. The zero-order valence-corrected chi connectivity index (χ0v) is 17.0. The van der Waals surface area contributed by atoms with Crippen molar-refractivity contribution in [3.8, 4) is 22.8 Å². The van der Waals surface area contributed by atoms with Gasteiger partial charge in [0.15, 0.2) is 16.6 Å². The minimum Gasteiger partial charge on any atom is -0.486 e. The SMILES string of the molecule is C=CCN(C(=O)C(C)c1ccc2c(c1)OCCO2)c1nc(-c2ccccc2)cs1. The summed E-state index contributed by atoms with van der Waals surface area (Å²) in [6, 6.07) is 15.6. The molecule has 1 aliphatic heterocycles. The predicted octanol–water partition coefficient (Wildman–Crippen LogP) is 4.90. The van der Waals surface area contributed by atoms with E-state index in [1.54, 1.807) is 11.0 Å². The molecule has 0 saturated carbocycles. The third-order valence-corrected chi connectivity index (χ3v) is 5.67. The van der Waals surface area contributed by atoms with Crippen molar-refractivity contribution in [1.29, 1.82) is 0 Å². The van der Waals surface area contributed by atoms with Crippen LogP contribution in [0.25, 0.3) is 11.3 Å². The molecule has 5 nitrogen and oxygen atoms in total. The van der Waals surface area contributed by atoms with Gasteiger partial charge in [0.1, 0.15) is 13.2 Å². The van der Waals surface area contributed by atoms with Crippen molar-refractivity contribution in [1.82, 2.24) is 4.98 Å². The first kappa shape index (κ1) is 19.2. The number of benzene rings is 2. The van der Waals surface area contributed by atoms with Gasteiger partial charge in [-0.25, -0.2) is 4.98 Å². The molecule has 1 aliphatic rings. The number of ether oxygens (including phenoxy) is 2. The first-order chi connectivity index (χ1) is 14.2. The van der Waals surface area contributed by atoms with E-state index in [9.17, 15) is 4.79 Å². The molecule has 0 saturated heterocycles. The lowest BCUT2D eigenvalue weighted by Crippen LogP contribution is -2.34. The van der Waals surface area contributed by atoms with E-state index in [1.807, 2.05) is 60.8 Å². The number of rotatable bonds is 6. The molecule has 4 rings (SSSR count). The Kier molecular flexibility index (Phi) is 5.62. The first-order valence-electron chi connectivity index (χ1n) is 9.50. The number of thiazole rings is 1. The molecule has 1 aromatic heterocycles. The molecule has 3 aromatic rings. The summed E-state index contributed by atoms with van der Waals surface area (Å²) in [6.07, 6.45) is 1.72. The minimum absolute atomic E-state index is 0.0319. The third-order valence-electron chi connectivity index (χ3n) is 4.81. The third kappa shape index (κ3) is 4.03. The van der Waals surface area contributed by atoms with E-state index in [2.05, 4.69) is 6.58 Å². The highest BCUT2D eigenvalue weighted by molar-refractivity contribution is 7.14. The maximum Gasteiger partial charge on any atom is 0.236 e. The summed E-state index contributed by atoms with van der Waals surface area (Å²) >= 11 is 1.46. The topological polar surface area (TPSA) is 51.7 Å².